The smallest absolute Gasteiger partial charge is 0.319 e. The van der Waals surface area contributed by atoms with Crippen LogP contribution in [0.1, 0.15) is 24.6 Å². The maximum atomic E-state index is 12.7. The summed E-state index contributed by atoms with van der Waals surface area (Å²) in [7, 11) is 1.59. The average Bonchev–Trinajstić information content (AvgIpc) is 3.50. The quantitative estimate of drug-likeness (QED) is 0.354. The van der Waals surface area contributed by atoms with Gasteiger partial charge in [-0.2, -0.15) is 9.97 Å². The number of para-hydroxylation sites is 1. The van der Waals surface area contributed by atoms with Crippen molar-refractivity contribution in [2.24, 2.45) is 0 Å². The average molecular weight is 482 g/mol. The summed E-state index contributed by atoms with van der Waals surface area (Å²) in [6.45, 7) is 5.30. The van der Waals surface area contributed by atoms with E-state index in [9.17, 15) is 4.79 Å². The van der Waals surface area contributed by atoms with E-state index in [0.717, 1.165) is 46.6 Å². The highest BCUT2D eigenvalue weighted by molar-refractivity contribution is 7.18. The van der Waals surface area contributed by atoms with Gasteiger partial charge in [-0.05, 0) is 36.3 Å². The van der Waals surface area contributed by atoms with Crippen molar-refractivity contribution in [3.05, 3.63) is 35.2 Å². The summed E-state index contributed by atoms with van der Waals surface area (Å²) in [5.41, 5.74) is 1.60. The van der Waals surface area contributed by atoms with E-state index < -0.39 is 0 Å². The van der Waals surface area contributed by atoms with Crippen LogP contribution in [0.4, 0.5) is 5.82 Å². The predicted octanol–water partition coefficient (Wildman–Crippen LogP) is 2.56. The monoisotopic (exact) mass is 481 g/mol. The van der Waals surface area contributed by atoms with Crippen LogP contribution in [0.3, 0.4) is 0 Å². The molecule has 1 amide bonds. The number of nitrogens with zero attached hydrogens (tertiary/aromatic N) is 7. The Morgan fingerprint density at radius 2 is 1.97 bits per heavy atom. The normalized spacial score (nSPS) is 14.2. The van der Waals surface area contributed by atoms with Gasteiger partial charge in [0.05, 0.1) is 12.5 Å². The van der Waals surface area contributed by atoms with E-state index in [1.54, 1.807) is 18.4 Å². The SMILES string of the molecule is CCc1cc2c(N3CCN(C(=O)CCCOn4nnc5ccccc54)CC3)nc(OC)nc2s1. The molecule has 4 aromatic rings. The zero-order valence-corrected chi connectivity index (χ0v) is 20.1. The standard InChI is InChI=1S/C23H27N7O3S/c1-3-16-15-17-21(24-23(32-2)25-22(17)34-16)29-12-10-28(11-13-29)20(31)9-6-14-33-30-19-8-5-4-7-18(19)26-27-30/h4-5,7-8,15H,3,6,9-14H2,1-2H3. The van der Waals surface area contributed by atoms with Crippen molar-refractivity contribution < 1.29 is 14.4 Å². The Balaban J connectivity index is 1.14. The number of benzene rings is 1. The van der Waals surface area contributed by atoms with Gasteiger partial charge in [-0.25, -0.2) is 0 Å². The number of thiophene rings is 1. The van der Waals surface area contributed by atoms with Crippen molar-refractivity contribution >= 4 is 44.3 Å². The van der Waals surface area contributed by atoms with Gasteiger partial charge >= 0.3 is 6.01 Å². The van der Waals surface area contributed by atoms with Crippen molar-refractivity contribution in [1.29, 1.82) is 0 Å². The van der Waals surface area contributed by atoms with Gasteiger partial charge in [-0.15, -0.1) is 16.4 Å². The van der Waals surface area contributed by atoms with E-state index in [2.05, 4.69) is 38.2 Å². The number of hydrogen-bond acceptors (Lipinski definition) is 9. The maximum absolute atomic E-state index is 12.7. The number of hydrogen-bond donors (Lipinski definition) is 0. The fourth-order valence-electron chi connectivity index (χ4n) is 4.09. The van der Waals surface area contributed by atoms with Crippen LogP contribution in [-0.2, 0) is 11.2 Å². The van der Waals surface area contributed by atoms with Gasteiger partial charge in [0.2, 0.25) is 5.91 Å². The van der Waals surface area contributed by atoms with Crippen LogP contribution in [0.15, 0.2) is 30.3 Å². The summed E-state index contributed by atoms with van der Waals surface area (Å²) >= 11 is 1.68. The van der Waals surface area contributed by atoms with Gasteiger partial charge in [-0.3, -0.25) is 4.79 Å². The van der Waals surface area contributed by atoms with Crippen LogP contribution in [-0.4, -0.2) is 75.8 Å². The minimum Gasteiger partial charge on any atom is -0.467 e. The Hall–Kier alpha value is -3.47. The Morgan fingerprint density at radius 3 is 2.76 bits per heavy atom. The molecule has 1 aliphatic rings. The van der Waals surface area contributed by atoms with Gasteiger partial charge in [0, 0.05) is 37.5 Å². The third-order valence-electron chi connectivity index (χ3n) is 5.94. The van der Waals surface area contributed by atoms with Crippen LogP contribution >= 0.6 is 11.3 Å². The van der Waals surface area contributed by atoms with Crippen LogP contribution < -0.4 is 14.5 Å². The van der Waals surface area contributed by atoms with Crippen molar-refractivity contribution in [1.82, 2.24) is 30.0 Å². The lowest BCUT2D eigenvalue weighted by molar-refractivity contribution is -0.131. The zero-order chi connectivity index (χ0) is 23.5. The lowest BCUT2D eigenvalue weighted by Gasteiger charge is -2.35. The molecule has 1 aliphatic heterocycles. The molecule has 0 N–H and O–H groups in total. The second-order valence-electron chi connectivity index (χ2n) is 8.07. The van der Waals surface area contributed by atoms with Crippen molar-refractivity contribution in [2.75, 3.05) is 44.8 Å². The largest absolute Gasteiger partial charge is 0.467 e. The molecule has 0 atom stereocenters. The minimum atomic E-state index is 0.140. The fourth-order valence-corrected chi connectivity index (χ4v) is 5.04. The third kappa shape index (κ3) is 4.47. The van der Waals surface area contributed by atoms with Gasteiger partial charge in [0.1, 0.15) is 28.3 Å². The summed E-state index contributed by atoms with van der Waals surface area (Å²) in [5, 5.41) is 9.13. The molecule has 34 heavy (non-hydrogen) atoms. The van der Waals surface area contributed by atoms with E-state index in [1.165, 1.54) is 9.72 Å². The van der Waals surface area contributed by atoms with E-state index in [1.807, 2.05) is 29.2 Å². The van der Waals surface area contributed by atoms with Crippen molar-refractivity contribution in [3.63, 3.8) is 0 Å². The van der Waals surface area contributed by atoms with Gasteiger partial charge < -0.3 is 19.4 Å². The van der Waals surface area contributed by atoms with Crippen molar-refractivity contribution in [3.8, 4) is 6.01 Å². The first kappa shape index (κ1) is 22.3. The third-order valence-corrected chi connectivity index (χ3v) is 7.11. The number of methoxy groups -OCH3 is 1. The molecular weight excluding hydrogens is 454 g/mol. The minimum absolute atomic E-state index is 0.140. The second kappa shape index (κ2) is 9.80. The molecule has 0 saturated carbocycles. The topological polar surface area (TPSA) is 98.5 Å². The summed E-state index contributed by atoms with van der Waals surface area (Å²) in [5.74, 6) is 1.03. The van der Waals surface area contributed by atoms with Gasteiger partial charge in [-0.1, -0.05) is 23.9 Å². The number of amides is 1. The summed E-state index contributed by atoms with van der Waals surface area (Å²) in [4.78, 5) is 35.3. The first-order valence-corrected chi connectivity index (χ1v) is 12.3. The second-order valence-corrected chi connectivity index (χ2v) is 9.19. The molecule has 10 nitrogen and oxygen atoms in total. The Kier molecular flexibility index (Phi) is 6.43. The molecule has 11 heteroatoms. The van der Waals surface area contributed by atoms with E-state index >= 15 is 0 Å². The van der Waals surface area contributed by atoms with E-state index in [4.69, 9.17) is 9.57 Å². The molecular formula is C23H27N7O3S. The zero-order valence-electron chi connectivity index (χ0n) is 19.3. The molecule has 3 aromatic heterocycles. The summed E-state index contributed by atoms with van der Waals surface area (Å²) < 4.78 is 5.33. The lowest BCUT2D eigenvalue weighted by atomic mass is 10.2. The summed E-state index contributed by atoms with van der Waals surface area (Å²) in [6, 6.07) is 10.2. The number of piperazine rings is 1. The molecule has 1 saturated heterocycles. The van der Waals surface area contributed by atoms with Crippen LogP contribution in [0.5, 0.6) is 6.01 Å². The summed E-state index contributed by atoms with van der Waals surface area (Å²) in [6.07, 6.45) is 2.01. The number of aromatic nitrogens is 5. The van der Waals surface area contributed by atoms with E-state index in [-0.39, 0.29) is 5.91 Å². The Bertz CT molecular complexity index is 1300. The molecule has 0 aliphatic carbocycles. The first-order valence-electron chi connectivity index (χ1n) is 11.5. The molecule has 0 radical (unpaired) electrons. The molecule has 4 heterocycles. The van der Waals surface area contributed by atoms with Gasteiger partial charge in [0.25, 0.3) is 0 Å². The highest BCUT2D eigenvalue weighted by atomic mass is 32.1. The van der Waals surface area contributed by atoms with E-state index in [0.29, 0.717) is 38.5 Å². The number of rotatable bonds is 8. The Morgan fingerprint density at radius 1 is 1.15 bits per heavy atom. The highest BCUT2D eigenvalue weighted by Crippen LogP contribution is 2.33. The molecule has 178 valence electrons. The number of carbonyl (C=O) groups is 1. The lowest BCUT2D eigenvalue weighted by Crippen LogP contribution is -2.49. The molecule has 1 aromatic carbocycles. The molecule has 0 bridgehead atoms. The number of aryl methyl sites for hydroxylation is 1. The van der Waals surface area contributed by atoms with Gasteiger partial charge in [0.15, 0.2) is 0 Å². The number of anilines is 1. The molecule has 1 fully saturated rings. The number of carbonyl (C=O) groups excluding carboxylic acids is 1. The highest BCUT2D eigenvalue weighted by Gasteiger charge is 2.24. The molecule has 0 unspecified atom stereocenters. The van der Waals surface area contributed by atoms with Crippen LogP contribution in [0.25, 0.3) is 21.3 Å². The number of fused-ring (bicyclic) bond motifs is 2. The van der Waals surface area contributed by atoms with Crippen molar-refractivity contribution in [2.45, 2.75) is 26.2 Å². The molecule has 0 spiro atoms. The first-order chi connectivity index (χ1) is 16.7. The van der Waals surface area contributed by atoms with Crippen LogP contribution in [0, 0.1) is 0 Å². The fraction of sp³-hybridized carbons (Fsp3) is 0.435. The maximum Gasteiger partial charge on any atom is 0.319 e. The predicted molar refractivity (Wildman–Crippen MR) is 130 cm³/mol. The molecule has 5 rings (SSSR count). The number of ether oxygens (including phenoxy) is 1. The Labute approximate surface area is 201 Å². The van der Waals surface area contributed by atoms with Crippen LogP contribution in [0.2, 0.25) is 0 Å².